The number of fused-ring (bicyclic) bond motifs is 3. The number of alkyl halides is 6. The molecule has 4 nitrogen and oxygen atoms in total. The van der Waals surface area contributed by atoms with Gasteiger partial charge < -0.3 is 18.9 Å². The molecule has 0 fully saturated rings. The molecule has 292 valence electrons. The Hall–Kier alpha value is -6.68. The van der Waals surface area contributed by atoms with Crippen LogP contribution in [-0.4, -0.2) is 28.4 Å². The minimum absolute atomic E-state index is 0.485. The van der Waals surface area contributed by atoms with Crippen molar-refractivity contribution in [2.45, 2.75) is 12.4 Å². The number of ether oxygens (including phenoxy) is 4. The third-order valence-electron chi connectivity index (χ3n) is 10.5. The molecule has 0 saturated heterocycles. The molecule has 0 amide bonds. The van der Waals surface area contributed by atoms with E-state index in [9.17, 15) is 26.3 Å². The van der Waals surface area contributed by atoms with Crippen molar-refractivity contribution < 1.29 is 45.3 Å². The van der Waals surface area contributed by atoms with E-state index in [0.717, 1.165) is 57.3 Å². The van der Waals surface area contributed by atoms with E-state index >= 15 is 0 Å². The highest BCUT2D eigenvalue weighted by atomic mass is 19.4. The minimum Gasteiger partial charge on any atom is -0.497 e. The molecule has 0 radical (unpaired) electrons. The highest BCUT2D eigenvalue weighted by molar-refractivity contribution is 6.34. The Labute approximate surface area is 329 Å². The van der Waals surface area contributed by atoms with Gasteiger partial charge in [0, 0.05) is 0 Å². The Kier molecular flexibility index (Phi) is 9.67. The average molecular weight is 789 g/mol. The zero-order valence-corrected chi connectivity index (χ0v) is 31.6. The van der Waals surface area contributed by atoms with Gasteiger partial charge in [0.05, 0.1) is 39.6 Å². The van der Waals surface area contributed by atoms with Crippen molar-refractivity contribution in [3.8, 4) is 67.5 Å². The lowest BCUT2D eigenvalue weighted by molar-refractivity contribution is -0.138. The van der Waals surface area contributed by atoms with E-state index in [2.05, 4.69) is 0 Å². The molecule has 0 bridgehead atoms. The fourth-order valence-electron chi connectivity index (χ4n) is 7.81. The van der Waals surface area contributed by atoms with Crippen LogP contribution in [0.3, 0.4) is 0 Å². The molecule has 0 atom stereocenters. The van der Waals surface area contributed by atoms with E-state index in [0.29, 0.717) is 66.8 Å². The SMILES string of the molecule is COc1ccc(-c2c3ccc(OC)cc3c(-c3ccc(C(F)(F)F)cc3)c3c(-c4ccc(OC)cc4)c4ccc(OC)cc4c(-c4ccc(C(F)(F)F)cc4)c23)cc1. The minimum atomic E-state index is -4.58. The van der Waals surface area contributed by atoms with E-state index in [-0.39, 0.29) is 0 Å². The molecule has 0 N–H and O–H groups in total. The van der Waals surface area contributed by atoms with Crippen LogP contribution in [0.1, 0.15) is 11.1 Å². The predicted octanol–water partition coefficient (Wildman–Crippen LogP) is 13.9. The van der Waals surface area contributed by atoms with Crippen LogP contribution >= 0.6 is 0 Å². The number of methoxy groups -OCH3 is 4. The zero-order valence-electron chi connectivity index (χ0n) is 31.6. The third kappa shape index (κ3) is 6.68. The third-order valence-corrected chi connectivity index (χ3v) is 10.5. The molecule has 0 aliphatic rings. The Morgan fingerprint density at radius 2 is 0.569 bits per heavy atom. The smallest absolute Gasteiger partial charge is 0.416 e. The molecule has 10 heteroatoms. The molecule has 0 aliphatic heterocycles. The molecule has 8 aromatic rings. The lowest BCUT2D eigenvalue weighted by Gasteiger charge is -2.26. The lowest BCUT2D eigenvalue weighted by Crippen LogP contribution is -2.04. The van der Waals surface area contributed by atoms with Crippen molar-refractivity contribution >= 4 is 32.3 Å². The highest BCUT2D eigenvalue weighted by Crippen LogP contribution is 2.55. The van der Waals surface area contributed by atoms with Crippen LogP contribution in [-0.2, 0) is 12.4 Å². The summed E-state index contributed by atoms with van der Waals surface area (Å²) < 4.78 is 107. The van der Waals surface area contributed by atoms with Crippen molar-refractivity contribution in [3.63, 3.8) is 0 Å². The largest absolute Gasteiger partial charge is 0.497 e. The van der Waals surface area contributed by atoms with Crippen LogP contribution in [0, 0.1) is 0 Å². The van der Waals surface area contributed by atoms with Crippen molar-refractivity contribution in [2.75, 3.05) is 28.4 Å². The topological polar surface area (TPSA) is 36.9 Å². The maximum absolute atomic E-state index is 14.0. The summed E-state index contributed by atoms with van der Waals surface area (Å²) in [5.41, 5.74) is 3.55. The van der Waals surface area contributed by atoms with Gasteiger partial charge >= 0.3 is 12.4 Å². The normalized spacial score (nSPS) is 12.0. The maximum atomic E-state index is 14.0. The standard InChI is InChI=1S/C48H34F6O4/c1-55-33-17-9-29(10-18-33)41-37-23-21-35(57-3)25-39(37)44(28-7-15-32(16-8-28)48(52,53)54)46-42(30-11-19-34(56-2)20-12-30)38-24-22-36(58-4)26-40(38)43(45(41)46)27-5-13-31(14-6-27)47(49,50)51/h5-26H,1-4H3. The molecule has 0 saturated carbocycles. The summed E-state index contributed by atoms with van der Waals surface area (Å²) in [6.07, 6.45) is -9.16. The summed E-state index contributed by atoms with van der Waals surface area (Å²) in [7, 11) is 6.20. The maximum Gasteiger partial charge on any atom is 0.416 e. The Balaban J connectivity index is 1.70. The number of benzene rings is 8. The number of hydrogen-bond acceptors (Lipinski definition) is 4. The van der Waals surface area contributed by atoms with Gasteiger partial charge in [-0.1, -0.05) is 60.7 Å². The first-order chi connectivity index (χ1) is 27.8. The average Bonchev–Trinajstić information content (AvgIpc) is 3.24. The van der Waals surface area contributed by atoms with Gasteiger partial charge in [0.25, 0.3) is 0 Å². The molecule has 8 aromatic carbocycles. The van der Waals surface area contributed by atoms with Gasteiger partial charge in [-0.15, -0.1) is 0 Å². The molecule has 58 heavy (non-hydrogen) atoms. The van der Waals surface area contributed by atoms with Gasteiger partial charge in [-0.2, -0.15) is 26.3 Å². The molecule has 0 heterocycles. The van der Waals surface area contributed by atoms with Gasteiger partial charge in [-0.05, 0) is 150 Å². The Bertz CT molecular complexity index is 2610. The Morgan fingerprint density at radius 3 is 0.845 bits per heavy atom. The van der Waals surface area contributed by atoms with E-state index in [1.165, 1.54) is 38.5 Å². The van der Waals surface area contributed by atoms with Crippen LogP contribution < -0.4 is 18.9 Å². The predicted molar refractivity (Wildman–Crippen MR) is 217 cm³/mol. The first-order valence-electron chi connectivity index (χ1n) is 18.1. The van der Waals surface area contributed by atoms with Gasteiger partial charge in [0.2, 0.25) is 0 Å². The van der Waals surface area contributed by atoms with Gasteiger partial charge in [-0.3, -0.25) is 0 Å². The molecular weight excluding hydrogens is 755 g/mol. The fraction of sp³-hybridized carbons (Fsp3) is 0.125. The van der Waals surface area contributed by atoms with Crippen molar-refractivity contribution in [1.29, 1.82) is 0 Å². The van der Waals surface area contributed by atoms with Crippen LogP contribution in [0.5, 0.6) is 23.0 Å². The van der Waals surface area contributed by atoms with Crippen LogP contribution in [0.15, 0.2) is 133 Å². The number of hydrogen-bond donors (Lipinski definition) is 0. The van der Waals surface area contributed by atoms with Crippen molar-refractivity contribution in [3.05, 3.63) is 145 Å². The zero-order chi connectivity index (χ0) is 40.9. The van der Waals surface area contributed by atoms with Crippen LogP contribution in [0.25, 0.3) is 76.8 Å². The lowest BCUT2D eigenvalue weighted by atomic mass is 9.77. The van der Waals surface area contributed by atoms with Crippen molar-refractivity contribution in [2.24, 2.45) is 0 Å². The van der Waals surface area contributed by atoms with E-state index in [1.54, 1.807) is 14.2 Å². The van der Waals surface area contributed by atoms with Crippen molar-refractivity contribution in [1.82, 2.24) is 0 Å². The summed E-state index contributed by atoms with van der Waals surface area (Å²) in [6, 6.07) is 36.1. The van der Waals surface area contributed by atoms with Crippen LogP contribution in [0.4, 0.5) is 26.3 Å². The summed E-state index contributed by atoms with van der Waals surface area (Å²) in [4.78, 5) is 0. The van der Waals surface area contributed by atoms with E-state index in [4.69, 9.17) is 18.9 Å². The molecule has 8 rings (SSSR count). The fourth-order valence-corrected chi connectivity index (χ4v) is 7.81. The first kappa shape index (κ1) is 38.2. The summed E-state index contributed by atoms with van der Waals surface area (Å²) in [6.45, 7) is 0. The van der Waals surface area contributed by atoms with E-state index in [1.807, 2.05) is 84.9 Å². The second kappa shape index (κ2) is 14.7. The second-order valence-electron chi connectivity index (χ2n) is 13.7. The summed E-state index contributed by atoms with van der Waals surface area (Å²) in [5, 5.41) is 4.12. The monoisotopic (exact) mass is 788 g/mol. The summed E-state index contributed by atoms with van der Waals surface area (Å²) >= 11 is 0. The number of rotatable bonds is 8. The summed E-state index contributed by atoms with van der Waals surface area (Å²) in [5.74, 6) is 2.25. The van der Waals surface area contributed by atoms with Gasteiger partial charge in [-0.25, -0.2) is 0 Å². The Morgan fingerprint density at radius 1 is 0.310 bits per heavy atom. The molecule has 0 aromatic heterocycles. The van der Waals surface area contributed by atoms with Gasteiger partial charge in [0.1, 0.15) is 23.0 Å². The first-order valence-corrected chi connectivity index (χ1v) is 18.1. The molecular formula is C48H34F6O4. The quantitative estimate of drug-likeness (QED) is 0.114. The second-order valence-corrected chi connectivity index (χ2v) is 13.7. The van der Waals surface area contributed by atoms with Crippen LogP contribution in [0.2, 0.25) is 0 Å². The molecule has 0 spiro atoms. The molecule has 0 aliphatic carbocycles. The highest BCUT2D eigenvalue weighted by Gasteiger charge is 2.32. The van der Waals surface area contributed by atoms with Gasteiger partial charge in [0.15, 0.2) is 0 Å². The van der Waals surface area contributed by atoms with E-state index < -0.39 is 23.5 Å². The number of halogens is 6. The molecule has 0 unspecified atom stereocenters.